The molecule has 2 aromatic rings. The molecule has 0 heterocycles. The maximum Gasteiger partial charge on any atom is 0.338 e. The molecule has 0 bridgehead atoms. The summed E-state index contributed by atoms with van der Waals surface area (Å²) in [7, 11) is 0. The van der Waals surface area contributed by atoms with Crippen LogP contribution in [0.15, 0.2) is 24.3 Å². The molecule has 0 fully saturated rings. The molecule has 0 amide bonds. The molecule has 0 saturated carbocycles. The van der Waals surface area contributed by atoms with Crippen molar-refractivity contribution in [3.05, 3.63) is 57.6 Å². The van der Waals surface area contributed by atoms with E-state index in [2.05, 4.69) is 0 Å². The van der Waals surface area contributed by atoms with Gasteiger partial charge in [-0.3, -0.25) is 0 Å². The standard InChI is InChI=1S/C26H30O6/c27-23-13-11-21(17-7-1-3-9-19(17)23)25(29)31-15-5-6-16-32-26(30)22-12-14-24(28)20-10-4-2-8-18(20)22/h11-14,27-28H,1-10,15-16H2. The van der Waals surface area contributed by atoms with Crippen LogP contribution in [0.4, 0.5) is 0 Å². The quantitative estimate of drug-likeness (QED) is 0.483. The van der Waals surface area contributed by atoms with Gasteiger partial charge in [-0.25, -0.2) is 9.59 Å². The number of hydrogen-bond acceptors (Lipinski definition) is 6. The summed E-state index contributed by atoms with van der Waals surface area (Å²) in [5.74, 6) is -0.215. The van der Waals surface area contributed by atoms with Gasteiger partial charge in [-0.05, 0) is 111 Å². The number of phenolic OH excluding ortho intramolecular Hbond substituents is 2. The van der Waals surface area contributed by atoms with Crippen molar-refractivity contribution < 1.29 is 29.3 Å². The van der Waals surface area contributed by atoms with Crippen LogP contribution < -0.4 is 0 Å². The molecule has 0 saturated heterocycles. The first kappa shape index (κ1) is 22.2. The minimum atomic E-state index is -0.365. The minimum Gasteiger partial charge on any atom is -0.508 e. The van der Waals surface area contributed by atoms with Gasteiger partial charge in [-0.1, -0.05) is 0 Å². The summed E-state index contributed by atoms with van der Waals surface area (Å²) in [6.07, 6.45) is 8.38. The van der Waals surface area contributed by atoms with Crippen molar-refractivity contribution in [1.29, 1.82) is 0 Å². The zero-order valence-corrected chi connectivity index (χ0v) is 18.3. The van der Waals surface area contributed by atoms with E-state index in [1.165, 1.54) is 0 Å². The summed E-state index contributed by atoms with van der Waals surface area (Å²) >= 11 is 0. The highest BCUT2D eigenvalue weighted by molar-refractivity contribution is 5.92. The van der Waals surface area contributed by atoms with Crippen LogP contribution in [0, 0.1) is 0 Å². The lowest BCUT2D eigenvalue weighted by Crippen LogP contribution is -2.15. The monoisotopic (exact) mass is 438 g/mol. The molecule has 0 radical (unpaired) electrons. The number of benzene rings is 2. The van der Waals surface area contributed by atoms with E-state index in [0.29, 0.717) is 24.0 Å². The lowest BCUT2D eigenvalue weighted by molar-refractivity contribution is 0.0430. The van der Waals surface area contributed by atoms with Gasteiger partial charge >= 0.3 is 11.9 Å². The van der Waals surface area contributed by atoms with Crippen LogP contribution in [0.25, 0.3) is 0 Å². The van der Waals surface area contributed by atoms with E-state index in [0.717, 1.165) is 73.6 Å². The molecule has 0 aliphatic heterocycles. The number of unbranched alkanes of at least 4 members (excludes halogenated alkanes) is 1. The van der Waals surface area contributed by atoms with E-state index in [1.54, 1.807) is 24.3 Å². The van der Waals surface area contributed by atoms with Gasteiger partial charge in [-0.15, -0.1) is 0 Å². The highest BCUT2D eigenvalue weighted by atomic mass is 16.5. The summed E-state index contributed by atoms with van der Waals surface area (Å²) in [5.41, 5.74) is 4.64. The van der Waals surface area contributed by atoms with Crippen molar-refractivity contribution in [2.45, 2.75) is 64.2 Å². The Bertz CT molecular complexity index is 928. The first-order chi connectivity index (χ1) is 15.6. The molecule has 32 heavy (non-hydrogen) atoms. The Morgan fingerprint density at radius 1 is 0.625 bits per heavy atom. The van der Waals surface area contributed by atoms with Crippen molar-refractivity contribution >= 4 is 11.9 Å². The molecule has 170 valence electrons. The molecule has 2 aromatic carbocycles. The lowest BCUT2D eigenvalue weighted by Gasteiger charge is -2.20. The van der Waals surface area contributed by atoms with Crippen molar-refractivity contribution in [2.75, 3.05) is 13.2 Å². The topological polar surface area (TPSA) is 93.1 Å². The van der Waals surface area contributed by atoms with Gasteiger partial charge in [0.05, 0.1) is 24.3 Å². The molecule has 4 rings (SSSR count). The van der Waals surface area contributed by atoms with Crippen LogP contribution in [-0.4, -0.2) is 35.4 Å². The van der Waals surface area contributed by atoms with E-state index < -0.39 is 0 Å². The average Bonchev–Trinajstić information content (AvgIpc) is 2.82. The van der Waals surface area contributed by atoms with E-state index in [9.17, 15) is 19.8 Å². The Balaban J connectivity index is 1.23. The molecule has 0 spiro atoms. The fraction of sp³-hybridized carbons (Fsp3) is 0.462. The molecule has 2 aliphatic carbocycles. The Hall–Kier alpha value is -3.02. The highest BCUT2D eigenvalue weighted by Crippen LogP contribution is 2.33. The smallest absolute Gasteiger partial charge is 0.338 e. The number of fused-ring (bicyclic) bond motifs is 2. The maximum absolute atomic E-state index is 12.5. The zero-order chi connectivity index (χ0) is 22.5. The number of carbonyl (C=O) groups is 2. The van der Waals surface area contributed by atoms with E-state index in [4.69, 9.17) is 9.47 Å². The molecule has 6 nitrogen and oxygen atoms in total. The number of phenols is 2. The van der Waals surface area contributed by atoms with Crippen molar-refractivity contribution in [1.82, 2.24) is 0 Å². The second kappa shape index (κ2) is 10.1. The number of ether oxygens (including phenoxy) is 2. The first-order valence-electron chi connectivity index (χ1n) is 11.6. The predicted molar refractivity (Wildman–Crippen MR) is 119 cm³/mol. The highest BCUT2D eigenvalue weighted by Gasteiger charge is 2.22. The van der Waals surface area contributed by atoms with Gasteiger partial charge in [0.25, 0.3) is 0 Å². The van der Waals surface area contributed by atoms with E-state index in [1.807, 2.05) is 0 Å². The molecule has 2 aliphatic rings. The molecule has 6 heteroatoms. The number of carbonyl (C=O) groups excluding carboxylic acids is 2. The summed E-state index contributed by atoms with van der Waals surface area (Å²) < 4.78 is 10.8. The van der Waals surface area contributed by atoms with Crippen LogP contribution in [0.3, 0.4) is 0 Å². The fourth-order valence-electron chi connectivity index (χ4n) is 4.77. The van der Waals surface area contributed by atoms with Gasteiger partial charge < -0.3 is 19.7 Å². The fourth-order valence-corrected chi connectivity index (χ4v) is 4.77. The number of esters is 2. The summed E-state index contributed by atoms with van der Waals surface area (Å²) in [6.45, 7) is 0.501. The molecule has 2 N–H and O–H groups in total. The van der Waals surface area contributed by atoms with Gasteiger partial charge in [0.2, 0.25) is 0 Å². The normalized spacial score (nSPS) is 14.9. The minimum absolute atomic E-state index is 0.251. The Labute approximate surface area is 188 Å². The van der Waals surface area contributed by atoms with Crippen molar-refractivity contribution in [2.24, 2.45) is 0 Å². The van der Waals surface area contributed by atoms with Crippen molar-refractivity contribution in [3.63, 3.8) is 0 Å². The molecular weight excluding hydrogens is 408 g/mol. The van der Waals surface area contributed by atoms with E-state index in [-0.39, 0.29) is 36.7 Å². The third-order valence-electron chi connectivity index (χ3n) is 6.46. The zero-order valence-electron chi connectivity index (χ0n) is 18.3. The first-order valence-corrected chi connectivity index (χ1v) is 11.6. The Morgan fingerprint density at radius 2 is 1.00 bits per heavy atom. The maximum atomic E-state index is 12.5. The second-order valence-electron chi connectivity index (χ2n) is 8.57. The summed E-state index contributed by atoms with van der Waals surface area (Å²) in [4.78, 5) is 25.0. The van der Waals surface area contributed by atoms with Crippen LogP contribution in [-0.2, 0) is 35.2 Å². The second-order valence-corrected chi connectivity index (χ2v) is 8.57. The van der Waals surface area contributed by atoms with Gasteiger partial charge in [0.1, 0.15) is 11.5 Å². The molecule has 0 atom stereocenters. The third kappa shape index (κ3) is 4.74. The summed E-state index contributed by atoms with van der Waals surface area (Å²) in [6, 6.07) is 6.42. The lowest BCUT2D eigenvalue weighted by atomic mass is 9.87. The van der Waals surface area contributed by atoms with Gasteiger partial charge in [0, 0.05) is 0 Å². The summed E-state index contributed by atoms with van der Waals surface area (Å²) in [5, 5.41) is 20.1. The van der Waals surface area contributed by atoms with E-state index >= 15 is 0 Å². The Morgan fingerprint density at radius 3 is 1.41 bits per heavy atom. The van der Waals surface area contributed by atoms with Gasteiger partial charge in [-0.2, -0.15) is 0 Å². The van der Waals surface area contributed by atoms with Crippen molar-refractivity contribution in [3.8, 4) is 11.5 Å². The predicted octanol–water partition coefficient (Wildman–Crippen LogP) is 4.65. The van der Waals surface area contributed by atoms with Crippen LogP contribution in [0.2, 0.25) is 0 Å². The largest absolute Gasteiger partial charge is 0.508 e. The molecule has 0 unspecified atom stereocenters. The van der Waals surface area contributed by atoms with Crippen LogP contribution >= 0.6 is 0 Å². The third-order valence-corrected chi connectivity index (χ3v) is 6.46. The Kier molecular flexibility index (Phi) is 6.98. The average molecular weight is 439 g/mol. The van der Waals surface area contributed by atoms with Crippen LogP contribution in [0.1, 0.15) is 81.5 Å². The number of rotatable bonds is 7. The molecule has 0 aromatic heterocycles. The molecular formula is C26H30O6. The SMILES string of the molecule is O=C(OCCCCOC(=O)c1ccc(O)c2c1CCCC2)c1ccc(O)c2c1CCCC2. The number of hydrogen-bond donors (Lipinski definition) is 2. The van der Waals surface area contributed by atoms with Gasteiger partial charge in [0.15, 0.2) is 0 Å². The number of aromatic hydroxyl groups is 2. The van der Waals surface area contributed by atoms with Crippen LogP contribution in [0.5, 0.6) is 11.5 Å².